The summed E-state index contributed by atoms with van der Waals surface area (Å²) >= 11 is 0. The van der Waals surface area contributed by atoms with Crippen molar-refractivity contribution in [2.45, 2.75) is 27.2 Å². The summed E-state index contributed by atoms with van der Waals surface area (Å²) in [5, 5.41) is 7.28. The Kier molecular flexibility index (Phi) is 5.75. The van der Waals surface area contributed by atoms with Gasteiger partial charge in [0.2, 0.25) is 0 Å². The van der Waals surface area contributed by atoms with Gasteiger partial charge in [-0.15, -0.1) is 0 Å². The summed E-state index contributed by atoms with van der Waals surface area (Å²) in [4.78, 5) is 27.1. The minimum absolute atomic E-state index is 0.169. The lowest BCUT2D eigenvalue weighted by atomic mass is 10.1. The Hall–Kier alpha value is -3.61. The first kappa shape index (κ1) is 20.7. The normalized spacial score (nSPS) is 12.5. The number of aromatic nitrogens is 2. The standard InChI is InChI=1S/C24H26N4O3/c1-4-27-13-12-17-6-9-19(14-22(17)27)26-23(29)18-7-10-20(11-8-18)28-16(3)21(15-25-28)24(30)31-5-2/h6-11,14-15H,4-5,12-13H2,1-3H3,(H,26,29). The first-order valence-electron chi connectivity index (χ1n) is 10.5. The van der Waals surface area contributed by atoms with Gasteiger partial charge in [-0.25, -0.2) is 9.48 Å². The van der Waals surface area contributed by atoms with Crippen molar-refractivity contribution < 1.29 is 14.3 Å². The number of hydrogen-bond acceptors (Lipinski definition) is 5. The van der Waals surface area contributed by atoms with Crippen LogP contribution in [0.2, 0.25) is 0 Å². The van der Waals surface area contributed by atoms with E-state index < -0.39 is 5.97 Å². The first-order chi connectivity index (χ1) is 15.0. The van der Waals surface area contributed by atoms with Crippen LogP contribution in [0, 0.1) is 6.92 Å². The van der Waals surface area contributed by atoms with Gasteiger partial charge in [0, 0.05) is 30.0 Å². The zero-order valence-electron chi connectivity index (χ0n) is 18.0. The molecule has 160 valence electrons. The fourth-order valence-electron chi connectivity index (χ4n) is 3.89. The number of carbonyl (C=O) groups is 2. The molecule has 2 heterocycles. The van der Waals surface area contributed by atoms with Crippen LogP contribution in [0.4, 0.5) is 11.4 Å². The molecule has 0 aliphatic carbocycles. The Balaban J connectivity index is 1.49. The van der Waals surface area contributed by atoms with Crippen molar-refractivity contribution in [3.8, 4) is 5.69 Å². The van der Waals surface area contributed by atoms with Crippen LogP contribution in [0.25, 0.3) is 5.69 Å². The van der Waals surface area contributed by atoms with E-state index in [1.807, 2.05) is 31.2 Å². The van der Waals surface area contributed by atoms with Gasteiger partial charge in [-0.1, -0.05) is 6.07 Å². The second kappa shape index (κ2) is 8.63. The Morgan fingerprint density at radius 3 is 2.61 bits per heavy atom. The second-order valence-electron chi connectivity index (χ2n) is 7.45. The molecule has 0 fully saturated rings. The number of rotatable bonds is 6. The molecule has 1 aliphatic rings. The summed E-state index contributed by atoms with van der Waals surface area (Å²) < 4.78 is 6.72. The molecule has 0 radical (unpaired) electrons. The number of hydrogen-bond donors (Lipinski definition) is 1. The Morgan fingerprint density at radius 2 is 1.90 bits per heavy atom. The lowest BCUT2D eigenvalue weighted by molar-refractivity contribution is 0.0525. The Labute approximate surface area is 181 Å². The summed E-state index contributed by atoms with van der Waals surface area (Å²) in [6, 6.07) is 13.2. The van der Waals surface area contributed by atoms with Crippen LogP contribution >= 0.6 is 0 Å². The van der Waals surface area contributed by atoms with Crippen LogP contribution in [0.5, 0.6) is 0 Å². The molecule has 2 aromatic carbocycles. The molecule has 31 heavy (non-hydrogen) atoms. The number of anilines is 2. The van der Waals surface area contributed by atoms with E-state index in [2.05, 4.69) is 28.3 Å². The highest BCUT2D eigenvalue weighted by atomic mass is 16.5. The maximum atomic E-state index is 12.7. The molecule has 7 heteroatoms. The van der Waals surface area contributed by atoms with Gasteiger partial charge in [0.1, 0.15) is 5.56 Å². The third-order valence-electron chi connectivity index (χ3n) is 5.60. The number of likely N-dealkylation sites (N-methyl/N-ethyl adjacent to an activating group) is 1. The van der Waals surface area contributed by atoms with Crippen molar-refractivity contribution in [3.05, 3.63) is 71.0 Å². The van der Waals surface area contributed by atoms with Crippen molar-refractivity contribution >= 4 is 23.3 Å². The highest BCUT2D eigenvalue weighted by molar-refractivity contribution is 6.04. The molecule has 0 bridgehead atoms. The Morgan fingerprint density at radius 1 is 1.13 bits per heavy atom. The lowest BCUT2D eigenvalue weighted by Crippen LogP contribution is -2.19. The number of amides is 1. The summed E-state index contributed by atoms with van der Waals surface area (Å²) in [5.41, 5.74) is 5.74. The molecule has 1 aliphatic heterocycles. The van der Waals surface area contributed by atoms with E-state index in [0.717, 1.165) is 30.9 Å². The summed E-state index contributed by atoms with van der Waals surface area (Å²) in [6.45, 7) is 8.01. The highest BCUT2D eigenvalue weighted by Gasteiger charge is 2.19. The maximum absolute atomic E-state index is 12.7. The van der Waals surface area contributed by atoms with Gasteiger partial charge >= 0.3 is 5.97 Å². The van der Waals surface area contributed by atoms with Crippen molar-refractivity contribution in [3.63, 3.8) is 0 Å². The quantitative estimate of drug-likeness (QED) is 0.613. The molecule has 0 saturated heterocycles. The predicted molar refractivity (Wildman–Crippen MR) is 120 cm³/mol. The predicted octanol–water partition coefficient (Wildman–Crippen LogP) is 3.99. The molecule has 0 unspecified atom stereocenters. The summed E-state index contributed by atoms with van der Waals surface area (Å²) in [6.07, 6.45) is 2.55. The average Bonchev–Trinajstić information content (AvgIpc) is 3.37. The van der Waals surface area contributed by atoms with Crippen molar-refractivity contribution in [2.75, 3.05) is 29.9 Å². The molecule has 4 rings (SSSR count). The molecule has 0 spiro atoms. The van der Waals surface area contributed by atoms with E-state index in [4.69, 9.17) is 4.74 Å². The number of esters is 1. The molecule has 1 aromatic heterocycles. The number of ether oxygens (including phenoxy) is 1. The molecular weight excluding hydrogens is 392 g/mol. The van der Waals surface area contributed by atoms with Gasteiger partial charge in [-0.3, -0.25) is 4.79 Å². The first-order valence-corrected chi connectivity index (χ1v) is 10.5. The van der Waals surface area contributed by atoms with E-state index in [-0.39, 0.29) is 5.91 Å². The van der Waals surface area contributed by atoms with Crippen LogP contribution in [-0.4, -0.2) is 41.4 Å². The van der Waals surface area contributed by atoms with Crippen LogP contribution in [0.15, 0.2) is 48.7 Å². The number of benzene rings is 2. The van der Waals surface area contributed by atoms with E-state index in [0.29, 0.717) is 23.4 Å². The van der Waals surface area contributed by atoms with Crippen molar-refractivity contribution in [1.29, 1.82) is 0 Å². The van der Waals surface area contributed by atoms with E-state index in [1.54, 1.807) is 23.7 Å². The number of fused-ring (bicyclic) bond motifs is 1. The highest BCUT2D eigenvalue weighted by Crippen LogP contribution is 2.30. The molecule has 1 amide bonds. The molecular formula is C24H26N4O3. The second-order valence-corrected chi connectivity index (χ2v) is 7.45. The topological polar surface area (TPSA) is 76.5 Å². The smallest absolute Gasteiger partial charge is 0.341 e. The van der Waals surface area contributed by atoms with Gasteiger partial charge in [0.25, 0.3) is 5.91 Å². The largest absolute Gasteiger partial charge is 0.462 e. The van der Waals surface area contributed by atoms with Gasteiger partial charge in [-0.2, -0.15) is 5.10 Å². The van der Waals surface area contributed by atoms with Gasteiger partial charge in [-0.05, 0) is 69.2 Å². The third-order valence-corrected chi connectivity index (χ3v) is 5.60. The van der Waals surface area contributed by atoms with Gasteiger partial charge in [0.15, 0.2) is 0 Å². The SMILES string of the molecule is CCOC(=O)c1cnn(-c2ccc(C(=O)Nc3ccc4c(c3)N(CC)CC4)cc2)c1C. The third kappa shape index (κ3) is 4.03. The monoisotopic (exact) mass is 418 g/mol. The van der Waals surface area contributed by atoms with Gasteiger partial charge in [0.05, 0.1) is 24.2 Å². The van der Waals surface area contributed by atoms with E-state index in [9.17, 15) is 9.59 Å². The molecule has 0 saturated carbocycles. The fraction of sp³-hybridized carbons (Fsp3) is 0.292. The van der Waals surface area contributed by atoms with Crippen molar-refractivity contribution in [2.24, 2.45) is 0 Å². The summed E-state index contributed by atoms with van der Waals surface area (Å²) in [5.74, 6) is -0.560. The van der Waals surface area contributed by atoms with Crippen LogP contribution in [0.3, 0.4) is 0 Å². The Bertz CT molecular complexity index is 1120. The zero-order chi connectivity index (χ0) is 22.0. The van der Waals surface area contributed by atoms with Crippen LogP contribution < -0.4 is 10.2 Å². The van der Waals surface area contributed by atoms with Crippen LogP contribution in [-0.2, 0) is 11.2 Å². The molecule has 1 N–H and O–H groups in total. The van der Waals surface area contributed by atoms with E-state index >= 15 is 0 Å². The van der Waals surface area contributed by atoms with Crippen LogP contribution in [0.1, 0.15) is 45.8 Å². The molecule has 7 nitrogen and oxygen atoms in total. The lowest BCUT2D eigenvalue weighted by Gasteiger charge is -2.17. The maximum Gasteiger partial charge on any atom is 0.341 e. The minimum Gasteiger partial charge on any atom is -0.462 e. The van der Waals surface area contributed by atoms with Gasteiger partial charge < -0.3 is 15.0 Å². The summed E-state index contributed by atoms with van der Waals surface area (Å²) in [7, 11) is 0. The number of nitrogens with one attached hydrogen (secondary N) is 1. The minimum atomic E-state index is -0.391. The number of carbonyl (C=O) groups excluding carboxylic acids is 2. The molecule has 3 aromatic rings. The van der Waals surface area contributed by atoms with E-state index in [1.165, 1.54) is 17.4 Å². The zero-order valence-corrected chi connectivity index (χ0v) is 18.0. The number of nitrogens with zero attached hydrogens (tertiary/aromatic N) is 3. The molecule has 0 atom stereocenters. The average molecular weight is 418 g/mol. The van der Waals surface area contributed by atoms with Crippen molar-refractivity contribution in [1.82, 2.24) is 9.78 Å². The fourth-order valence-corrected chi connectivity index (χ4v) is 3.89.